The lowest BCUT2D eigenvalue weighted by Crippen LogP contribution is -2.36. The predicted octanol–water partition coefficient (Wildman–Crippen LogP) is 0.942. The molecule has 0 aliphatic rings. The Kier molecular flexibility index (Phi) is 2.95. The molecule has 0 bridgehead atoms. The van der Waals surface area contributed by atoms with Gasteiger partial charge in [0.25, 0.3) is 0 Å². The van der Waals surface area contributed by atoms with E-state index in [4.69, 9.17) is 16.2 Å². The molecule has 6 heteroatoms. The van der Waals surface area contributed by atoms with E-state index in [1.165, 1.54) is 0 Å². The zero-order valence-corrected chi connectivity index (χ0v) is 9.99. The highest BCUT2D eigenvalue weighted by molar-refractivity contribution is 7.22. The van der Waals surface area contributed by atoms with Gasteiger partial charge in [-0.2, -0.15) is 0 Å². The van der Waals surface area contributed by atoms with Crippen LogP contribution in [0.2, 0.25) is 0 Å². The van der Waals surface area contributed by atoms with Gasteiger partial charge in [-0.3, -0.25) is 11.5 Å². The van der Waals surface area contributed by atoms with E-state index in [9.17, 15) is 0 Å². The SMILES string of the molecule is CN(C)c1nc2c(OC(N)N)cccc2s1. The number of anilines is 1. The lowest BCUT2D eigenvalue weighted by molar-refractivity contribution is 0.220. The molecule has 0 aliphatic heterocycles. The number of benzene rings is 1. The molecule has 0 radical (unpaired) electrons. The van der Waals surface area contributed by atoms with Crippen LogP contribution in [0.1, 0.15) is 0 Å². The van der Waals surface area contributed by atoms with Crippen LogP contribution in [0, 0.1) is 0 Å². The molecule has 1 aromatic carbocycles. The first-order valence-electron chi connectivity index (χ1n) is 4.82. The Morgan fingerprint density at radius 2 is 2.12 bits per heavy atom. The van der Waals surface area contributed by atoms with Gasteiger partial charge in [-0.05, 0) is 12.1 Å². The van der Waals surface area contributed by atoms with Crippen molar-refractivity contribution in [2.24, 2.45) is 11.5 Å². The van der Waals surface area contributed by atoms with Gasteiger partial charge in [-0.25, -0.2) is 4.98 Å². The van der Waals surface area contributed by atoms with Crippen molar-refractivity contribution < 1.29 is 4.74 Å². The van der Waals surface area contributed by atoms with Crippen molar-refractivity contribution in [3.05, 3.63) is 18.2 Å². The third-order valence-corrected chi connectivity index (χ3v) is 3.20. The van der Waals surface area contributed by atoms with Crippen LogP contribution >= 0.6 is 11.3 Å². The first kappa shape index (κ1) is 11.1. The molecule has 0 aliphatic carbocycles. The van der Waals surface area contributed by atoms with Gasteiger partial charge in [0.15, 0.2) is 5.13 Å². The highest BCUT2D eigenvalue weighted by Crippen LogP contribution is 2.33. The largest absolute Gasteiger partial charge is 0.460 e. The first-order valence-corrected chi connectivity index (χ1v) is 5.64. The third-order valence-electron chi connectivity index (χ3n) is 2.02. The number of ether oxygens (including phenoxy) is 1. The summed E-state index contributed by atoms with van der Waals surface area (Å²) < 4.78 is 6.36. The molecule has 0 saturated carbocycles. The van der Waals surface area contributed by atoms with Gasteiger partial charge in [0.2, 0.25) is 6.35 Å². The van der Waals surface area contributed by atoms with Crippen LogP contribution in [-0.2, 0) is 0 Å². The molecule has 0 unspecified atom stereocenters. The Morgan fingerprint density at radius 3 is 2.75 bits per heavy atom. The Morgan fingerprint density at radius 1 is 1.38 bits per heavy atom. The Labute approximate surface area is 97.6 Å². The van der Waals surface area contributed by atoms with Gasteiger partial charge in [-0.1, -0.05) is 17.4 Å². The van der Waals surface area contributed by atoms with Gasteiger partial charge < -0.3 is 9.64 Å². The van der Waals surface area contributed by atoms with Crippen molar-refractivity contribution in [1.82, 2.24) is 4.98 Å². The molecule has 0 saturated heterocycles. The number of nitrogens with two attached hydrogens (primary N) is 2. The van der Waals surface area contributed by atoms with Crippen LogP contribution in [-0.4, -0.2) is 25.4 Å². The minimum absolute atomic E-state index is 0.622. The van der Waals surface area contributed by atoms with E-state index >= 15 is 0 Å². The van der Waals surface area contributed by atoms with E-state index in [2.05, 4.69) is 4.98 Å². The average Bonchev–Trinajstić information content (AvgIpc) is 2.61. The van der Waals surface area contributed by atoms with Crippen molar-refractivity contribution in [3.63, 3.8) is 0 Å². The fourth-order valence-corrected chi connectivity index (χ4v) is 2.25. The number of rotatable bonds is 3. The molecule has 1 heterocycles. The van der Waals surface area contributed by atoms with E-state index in [0.717, 1.165) is 15.3 Å². The van der Waals surface area contributed by atoms with Crippen LogP contribution < -0.4 is 21.1 Å². The number of para-hydroxylation sites is 1. The van der Waals surface area contributed by atoms with E-state index in [1.54, 1.807) is 11.3 Å². The van der Waals surface area contributed by atoms with Crippen molar-refractivity contribution >= 4 is 26.7 Å². The van der Waals surface area contributed by atoms with Crippen LogP contribution in [0.25, 0.3) is 10.2 Å². The molecule has 0 spiro atoms. The fourth-order valence-electron chi connectivity index (χ4n) is 1.34. The molecule has 0 fully saturated rings. The summed E-state index contributed by atoms with van der Waals surface area (Å²) >= 11 is 1.60. The average molecular weight is 238 g/mol. The van der Waals surface area contributed by atoms with E-state index in [-0.39, 0.29) is 0 Å². The molecule has 86 valence electrons. The predicted molar refractivity (Wildman–Crippen MR) is 66.7 cm³/mol. The lowest BCUT2D eigenvalue weighted by atomic mass is 10.3. The molecule has 2 rings (SSSR count). The van der Waals surface area contributed by atoms with Crippen LogP contribution in [0.5, 0.6) is 5.75 Å². The van der Waals surface area contributed by atoms with Crippen LogP contribution in [0.4, 0.5) is 5.13 Å². The molecule has 5 nitrogen and oxygen atoms in total. The molecule has 4 N–H and O–H groups in total. The maximum atomic E-state index is 5.40. The number of hydrogen-bond acceptors (Lipinski definition) is 6. The van der Waals surface area contributed by atoms with E-state index in [1.807, 2.05) is 37.2 Å². The van der Waals surface area contributed by atoms with Gasteiger partial charge >= 0.3 is 0 Å². The number of fused-ring (bicyclic) bond motifs is 1. The van der Waals surface area contributed by atoms with Gasteiger partial charge in [0.05, 0.1) is 4.70 Å². The number of thiazole rings is 1. The summed E-state index contributed by atoms with van der Waals surface area (Å²) in [6.07, 6.45) is -0.824. The quantitative estimate of drug-likeness (QED) is 0.778. The topological polar surface area (TPSA) is 77.4 Å². The third kappa shape index (κ3) is 2.08. The number of hydrogen-bond donors (Lipinski definition) is 2. The van der Waals surface area contributed by atoms with Crippen molar-refractivity contribution in [1.29, 1.82) is 0 Å². The zero-order valence-electron chi connectivity index (χ0n) is 9.18. The van der Waals surface area contributed by atoms with Gasteiger partial charge in [-0.15, -0.1) is 0 Å². The summed E-state index contributed by atoms with van der Waals surface area (Å²) in [4.78, 5) is 6.43. The number of aromatic nitrogens is 1. The molecule has 2 aromatic rings. The molecular weight excluding hydrogens is 224 g/mol. The fraction of sp³-hybridized carbons (Fsp3) is 0.300. The van der Waals surface area contributed by atoms with Gasteiger partial charge in [0, 0.05) is 14.1 Å². The van der Waals surface area contributed by atoms with Crippen LogP contribution in [0.3, 0.4) is 0 Å². The molecule has 0 amide bonds. The van der Waals surface area contributed by atoms with Gasteiger partial charge in [0.1, 0.15) is 11.3 Å². The smallest absolute Gasteiger partial charge is 0.202 e. The van der Waals surface area contributed by atoms with E-state index < -0.39 is 6.35 Å². The molecule has 0 atom stereocenters. The second-order valence-electron chi connectivity index (χ2n) is 3.58. The summed E-state index contributed by atoms with van der Waals surface area (Å²) in [5.41, 5.74) is 11.6. The minimum atomic E-state index is -0.824. The standard InChI is InChI=1S/C10H14N4OS/c1-14(2)10-13-8-6(15-9(11)12)4-3-5-7(8)16-10/h3-5,9H,11-12H2,1-2H3. The summed E-state index contributed by atoms with van der Waals surface area (Å²) in [6.45, 7) is 0. The normalized spacial score (nSPS) is 11.1. The summed E-state index contributed by atoms with van der Waals surface area (Å²) in [6, 6.07) is 5.71. The second kappa shape index (κ2) is 4.25. The maximum Gasteiger partial charge on any atom is 0.202 e. The number of nitrogens with zero attached hydrogens (tertiary/aromatic N) is 2. The van der Waals surface area contributed by atoms with E-state index in [0.29, 0.717) is 5.75 Å². The van der Waals surface area contributed by atoms with Crippen LogP contribution in [0.15, 0.2) is 18.2 Å². The molecule has 1 aromatic heterocycles. The van der Waals surface area contributed by atoms with Crippen molar-refractivity contribution in [2.45, 2.75) is 6.35 Å². The highest BCUT2D eigenvalue weighted by Gasteiger charge is 2.10. The molecular formula is C10H14N4OS. The summed E-state index contributed by atoms with van der Waals surface area (Å²) in [5.74, 6) is 0.622. The Bertz CT molecular complexity index is 495. The first-order chi connectivity index (χ1) is 7.58. The Balaban J connectivity index is 2.50. The highest BCUT2D eigenvalue weighted by atomic mass is 32.1. The summed E-state index contributed by atoms with van der Waals surface area (Å²) in [7, 11) is 3.90. The van der Waals surface area contributed by atoms with Crippen molar-refractivity contribution in [3.8, 4) is 5.75 Å². The minimum Gasteiger partial charge on any atom is -0.460 e. The second-order valence-corrected chi connectivity index (χ2v) is 4.59. The lowest BCUT2D eigenvalue weighted by Gasteiger charge is -2.09. The maximum absolute atomic E-state index is 5.40. The van der Waals surface area contributed by atoms with Crippen molar-refractivity contribution in [2.75, 3.05) is 19.0 Å². The monoisotopic (exact) mass is 238 g/mol. The zero-order chi connectivity index (χ0) is 11.7. The summed E-state index contributed by atoms with van der Waals surface area (Å²) in [5, 5.41) is 0.927. The molecule has 16 heavy (non-hydrogen) atoms. The Hall–Kier alpha value is -1.37.